The number of Topliss-reactive ketones (excluding diaryl/α,β-unsaturated/α-hetero) is 2. The smallest absolute Gasteiger partial charge is 0.196 e. The largest absolute Gasteiger partial charge is 0.288 e. The van der Waals surface area contributed by atoms with Crippen molar-refractivity contribution in [3.8, 4) is 0 Å². The van der Waals surface area contributed by atoms with Gasteiger partial charge in [-0.05, 0) is 23.8 Å². The molecule has 0 saturated heterocycles. The van der Waals surface area contributed by atoms with Gasteiger partial charge >= 0.3 is 0 Å². The quantitative estimate of drug-likeness (QED) is 0.286. The third-order valence-corrected chi connectivity index (χ3v) is 3.74. The lowest BCUT2D eigenvalue weighted by molar-refractivity contribution is 0.0964. The van der Waals surface area contributed by atoms with Crippen LogP contribution in [0.25, 0.3) is 6.08 Å². The molecule has 0 aliphatic carbocycles. The van der Waals surface area contributed by atoms with Gasteiger partial charge in [0.25, 0.3) is 0 Å². The van der Waals surface area contributed by atoms with Crippen molar-refractivity contribution in [3.05, 3.63) is 113 Å². The third kappa shape index (κ3) is 3.96. The minimum absolute atomic E-state index is 0.0454. The summed E-state index contributed by atoms with van der Waals surface area (Å²) in [7, 11) is 0. The lowest BCUT2D eigenvalue weighted by Crippen LogP contribution is -2.13. The number of benzene rings is 3. The van der Waals surface area contributed by atoms with Crippen molar-refractivity contribution in [3.63, 3.8) is 0 Å². The SMILES string of the molecule is O=C(C(=Cc1ccc(F)cc1)C(=O)c1ccccc1)c1ccccc1. The number of allylic oxidation sites excluding steroid dienone is 1. The maximum atomic E-state index is 13.1. The molecule has 3 aromatic rings. The standard InChI is InChI=1S/C22H15FO2/c23-19-13-11-16(12-14-19)15-20(21(24)17-7-3-1-4-8-17)22(25)18-9-5-2-6-10-18/h1-15H. The van der Waals surface area contributed by atoms with E-state index in [1.54, 1.807) is 60.7 Å². The van der Waals surface area contributed by atoms with Crippen molar-refractivity contribution >= 4 is 17.6 Å². The predicted molar refractivity (Wildman–Crippen MR) is 95.9 cm³/mol. The van der Waals surface area contributed by atoms with E-state index in [1.165, 1.54) is 30.3 Å². The van der Waals surface area contributed by atoms with Gasteiger partial charge in [-0.15, -0.1) is 0 Å². The van der Waals surface area contributed by atoms with E-state index in [4.69, 9.17) is 0 Å². The zero-order chi connectivity index (χ0) is 17.6. The number of halogens is 1. The Labute approximate surface area is 145 Å². The van der Waals surface area contributed by atoms with Crippen LogP contribution >= 0.6 is 0 Å². The van der Waals surface area contributed by atoms with Crippen LogP contribution in [0.4, 0.5) is 4.39 Å². The normalized spacial score (nSPS) is 10.1. The fraction of sp³-hybridized carbons (Fsp3) is 0. The monoisotopic (exact) mass is 330 g/mol. The van der Waals surface area contributed by atoms with Gasteiger partial charge in [-0.1, -0.05) is 72.8 Å². The maximum Gasteiger partial charge on any atom is 0.196 e. The molecule has 0 fully saturated rings. The summed E-state index contributed by atoms with van der Waals surface area (Å²) >= 11 is 0. The average Bonchev–Trinajstić information content (AvgIpc) is 2.68. The Morgan fingerprint density at radius 2 is 1.08 bits per heavy atom. The second kappa shape index (κ2) is 7.49. The van der Waals surface area contributed by atoms with Crippen molar-refractivity contribution in [2.45, 2.75) is 0 Å². The third-order valence-electron chi connectivity index (χ3n) is 3.74. The van der Waals surface area contributed by atoms with Gasteiger partial charge in [-0.25, -0.2) is 4.39 Å². The summed E-state index contributed by atoms with van der Waals surface area (Å²) in [6.45, 7) is 0. The highest BCUT2D eigenvalue weighted by molar-refractivity contribution is 6.33. The maximum absolute atomic E-state index is 13.1. The molecule has 0 saturated carbocycles. The average molecular weight is 330 g/mol. The van der Waals surface area contributed by atoms with Crippen molar-refractivity contribution in [1.29, 1.82) is 0 Å². The predicted octanol–water partition coefficient (Wildman–Crippen LogP) is 4.97. The first-order valence-electron chi connectivity index (χ1n) is 7.82. The number of rotatable bonds is 5. The second-order valence-electron chi connectivity index (χ2n) is 5.50. The van der Waals surface area contributed by atoms with Crippen LogP contribution in [-0.2, 0) is 0 Å². The van der Waals surface area contributed by atoms with Gasteiger partial charge in [0, 0.05) is 11.1 Å². The molecule has 0 aromatic heterocycles. The Bertz CT molecular complexity index is 858. The van der Waals surface area contributed by atoms with Gasteiger partial charge < -0.3 is 0 Å². The first-order valence-corrected chi connectivity index (χ1v) is 7.82. The molecule has 0 atom stereocenters. The Hall–Kier alpha value is -3.33. The number of carbonyl (C=O) groups excluding carboxylic acids is 2. The molecule has 0 bridgehead atoms. The summed E-state index contributed by atoms with van der Waals surface area (Å²) in [5.41, 5.74) is 1.49. The number of hydrogen-bond donors (Lipinski definition) is 0. The zero-order valence-corrected chi connectivity index (χ0v) is 13.4. The van der Waals surface area contributed by atoms with Gasteiger partial charge in [-0.2, -0.15) is 0 Å². The summed E-state index contributed by atoms with van der Waals surface area (Å²) in [5, 5.41) is 0. The van der Waals surface area contributed by atoms with E-state index >= 15 is 0 Å². The van der Waals surface area contributed by atoms with Gasteiger partial charge in [0.05, 0.1) is 5.57 Å². The Morgan fingerprint density at radius 1 is 0.640 bits per heavy atom. The van der Waals surface area contributed by atoms with Crippen LogP contribution in [0.3, 0.4) is 0 Å². The molecule has 0 aliphatic rings. The van der Waals surface area contributed by atoms with Crippen LogP contribution in [0.2, 0.25) is 0 Å². The Balaban J connectivity index is 2.06. The molecule has 0 spiro atoms. The molecule has 0 aliphatic heterocycles. The van der Waals surface area contributed by atoms with Crippen molar-refractivity contribution in [1.82, 2.24) is 0 Å². The zero-order valence-electron chi connectivity index (χ0n) is 13.4. The first-order chi connectivity index (χ1) is 12.1. The Kier molecular flexibility index (Phi) is 4.95. The number of ketones is 2. The van der Waals surface area contributed by atoms with E-state index in [0.29, 0.717) is 16.7 Å². The second-order valence-corrected chi connectivity index (χ2v) is 5.50. The fourth-order valence-corrected chi connectivity index (χ4v) is 2.45. The van der Waals surface area contributed by atoms with Crippen molar-refractivity contribution < 1.29 is 14.0 Å². The topological polar surface area (TPSA) is 34.1 Å². The molecule has 0 N–H and O–H groups in total. The van der Waals surface area contributed by atoms with Gasteiger partial charge in [0.1, 0.15) is 5.82 Å². The molecule has 0 radical (unpaired) electrons. The highest BCUT2D eigenvalue weighted by Crippen LogP contribution is 2.18. The van der Waals surface area contributed by atoms with Crippen LogP contribution in [0.15, 0.2) is 90.5 Å². The fourth-order valence-electron chi connectivity index (χ4n) is 2.45. The summed E-state index contributed by atoms with van der Waals surface area (Å²) in [4.78, 5) is 25.7. The molecular weight excluding hydrogens is 315 g/mol. The Morgan fingerprint density at radius 3 is 1.52 bits per heavy atom. The lowest BCUT2D eigenvalue weighted by Gasteiger charge is -2.07. The minimum atomic E-state index is -0.373. The molecule has 122 valence electrons. The molecule has 25 heavy (non-hydrogen) atoms. The first kappa shape index (κ1) is 16.5. The van der Waals surface area contributed by atoms with E-state index in [2.05, 4.69) is 0 Å². The summed E-state index contributed by atoms with van der Waals surface area (Å²) in [6.07, 6.45) is 1.50. The summed E-state index contributed by atoms with van der Waals surface area (Å²) in [5.74, 6) is -1.10. The van der Waals surface area contributed by atoms with Crippen molar-refractivity contribution in [2.24, 2.45) is 0 Å². The van der Waals surface area contributed by atoms with E-state index < -0.39 is 0 Å². The minimum Gasteiger partial charge on any atom is -0.288 e. The van der Waals surface area contributed by atoms with Crippen LogP contribution in [0.5, 0.6) is 0 Å². The highest BCUT2D eigenvalue weighted by atomic mass is 19.1. The van der Waals surface area contributed by atoms with E-state index in [0.717, 1.165) is 0 Å². The van der Waals surface area contributed by atoms with Gasteiger partial charge in [0.15, 0.2) is 11.6 Å². The van der Waals surface area contributed by atoms with Gasteiger partial charge in [-0.3, -0.25) is 9.59 Å². The highest BCUT2D eigenvalue weighted by Gasteiger charge is 2.21. The molecule has 2 nitrogen and oxygen atoms in total. The molecular formula is C22H15FO2. The van der Waals surface area contributed by atoms with Crippen molar-refractivity contribution in [2.75, 3.05) is 0 Å². The summed E-state index contributed by atoms with van der Waals surface area (Å²) in [6, 6.07) is 22.9. The van der Waals surface area contributed by atoms with Crippen LogP contribution < -0.4 is 0 Å². The van der Waals surface area contributed by atoms with Gasteiger partial charge in [0.2, 0.25) is 0 Å². The van der Waals surface area contributed by atoms with Crippen LogP contribution in [0.1, 0.15) is 26.3 Å². The number of hydrogen-bond acceptors (Lipinski definition) is 2. The van der Waals surface area contributed by atoms with E-state index in [-0.39, 0.29) is 23.0 Å². The molecule has 3 heteroatoms. The van der Waals surface area contributed by atoms with E-state index in [9.17, 15) is 14.0 Å². The molecule has 0 unspecified atom stereocenters. The number of carbonyl (C=O) groups is 2. The lowest BCUT2D eigenvalue weighted by atomic mass is 9.94. The van der Waals surface area contributed by atoms with Crippen LogP contribution in [0, 0.1) is 5.82 Å². The van der Waals surface area contributed by atoms with E-state index in [1.807, 2.05) is 0 Å². The summed E-state index contributed by atoms with van der Waals surface area (Å²) < 4.78 is 13.1. The molecule has 3 rings (SSSR count). The molecule has 0 amide bonds. The molecule has 3 aromatic carbocycles. The van der Waals surface area contributed by atoms with Crippen LogP contribution in [-0.4, -0.2) is 11.6 Å². The molecule has 0 heterocycles.